The van der Waals surface area contributed by atoms with Crippen LogP contribution >= 0.6 is 11.6 Å². The number of hydrogen-bond acceptors (Lipinski definition) is 6. The topological polar surface area (TPSA) is 80.0 Å². The number of halogens is 1. The van der Waals surface area contributed by atoms with E-state index in [9.17, 15) is 4.79 Å². The molecule has 0 atom stereocenters. The number of carbonyl (C=O) groups is 1. The first kappa shape index (κ1) is 17.7. The van der Waals surface area contributed by atoms with Crippen LogP contribution in [0.2, 0.25) is 5.02 Å². The number of hydrogen-bond donors (Lipinski definition) is 1. The van der Waals surface area contributed by atoms with Gasteiger partial charge in [0, 0.05) is 7.11 Å². The van der Waals surface area contributed by atoms with E-state index in [1.54, 1.807) is 19.2 Å². The number of rotatable bonds is 10. The highest BCUT2D eigenvalue weighted by Crippen LogP contribution is 2.19. The molecular weight excluding hydrogens is 298 g/mol. The van der Waals surface area contributed by atoms with Crippen LogP contribution < -0.4 is 5.73 Å². The summed E-state index contributed by atoms with van der Waals surface area (Å²) in [5.41, 5.74) is 6.34. The van der Waals surface area contributed by atoms with E-state index in [1.807, 2.05) is 0 Å². The zero-order chi connectivity index (χ0) is 15.5. The van der Waals surface area contributed by atoms with Crippen molar-refractivity contribution in [2.24, 2.45) is 0 Å². The Kier molecular flexibility index (Phi) is 8.77. The van der Waals surface area contributed by atoms with E-state index < -0.39 is 5.97 Å². The minimum atomic E-state index is -0.461. The maximum atomic E-state index is 11.7. The number of ether oxygens (including phenoxy) is 4. The lowest BCUT2D eigenvalue weighted by molar-refractivity contribution is 0.00570. The molecular formula is C14H20ClNO5. The lowest BCUT2D eigenvalue weighted by Gasteiger charge is -2.07. The Morgan fingerprint density at radius 3 is 2.33 bits per heavy atom. The average Bonchev–Trinajstić information content (AvgIpc) is 2.48. The Morgan fingerprint density at radius 1 is 1.10 bits per heavy atom. The van der Waals surface area contributed by atoms with Crippen LogP contribution in [-0.4, -0.2) is 52.7 Å². The number of anilines is 1. The molecule has 1 aromatic rings. The van der Waals surface area contributed by atoms with Crippen LogP contribution in [0.5, 0.6) is 0 Å². The molecule has 0 aliphatic heterocycles. The molecule has 1 rings (SSSR count). The molecule has 0 spiro atoms. The van der Waals surface area contributed by atoms with Crippen molar-refractivity contribution in [3.05, 3.63) is 28.8 Å². The largest absolute Gasteiger partial charge is 0.460 e. The highest BCUT2D eigenvalue weighted by molar-refractivity contribution is 6.33. The van der Waals surface area contributed by atoms with Gasteiger partial charge in [0.25, 0.3) is 0 Å². The van der Waals surface area contributed by atoms with Crippen molar-refractivity contribution in [1.29, 1.82) is 0 Å². The Morgan fingerprint density at radius 2 is 1.71 bits per heavy atom. The number of benzene rings is 1. The van der Waals surface area contributed by atoms with Crippen LogP contribution in [0.25, 0.3) is 0 Å². The van der Waals surface area contributed by atoms with E-state index in [0.29, 0.717) is 49.3 Å². The van der Waals surface area contributed by atoms with Crippen molar-refractivity contribution in [3.8, 4) is 0 Å². The van der Waals surface area contributed by atoms with Gasteiger partial charge in [-0.15, -0.1) is 0 Å². The van der Waals surface area contributed by atoms with E-state index in [0.717, 1.165) is 0 Å². The molecule has 1 aromatic carbocycles. The average molecular weight is 318 g/mol. The minimum Gasteiger partial charge on any atom is -0.460 e. The van der Waals surface area contributed by atoms with Gasteiger partial charge >= 0.3 is 5.97 Å². The van der Waals surface area contributed by atoms with Crippen molar-refractivity contribution in [1.82, 2.24) is 0 Å². The molecule has 0 fully saturated rings. The first-order chi connectivity index (χ1) is 10.1. The maximum absolute atomic E-state index is 11.7. The zero-order valence-corrected chi connectivity index (χ0v) is 12.7. The fourth-order valence-electron chi connectivity index (χ4n) is 1.39. The maximum Gasteiger partial charge on any atom is 0.338 e. The second kappa shape index (κ2) is 10.4. The summed E-state index contributed by atoms with van der Waals surface area (Å²) in [7, 11) is 1.61. The van der Waals surface area contributed by atoms with E-state index >= 15 is 0 Å². The molecule has 0 saturated heterocycles. The van der Waals surface area contributed by atoms with Crippen molar-refractivity contribution in [2.45, 2.75) is 0 Å². The van der Waals surface area contributed by atoms with E-state index in [1.165, 1.54) is 6.07 Å². The van der Waals surface area contributed by atoms with Gasteiger partial charge in [-0.3, -0.25) is 0 Å². The molecule has 0 aliphatic rings. The Bertz CT molecular complexity index is 441. The van der Waals surface area contributed by atoms with Crippen LogP contribution in [0, 0.1) is 0 Å². The summed E-state index contributed by atoms with van der Waals surface area (Å²) in [6, 6.07) is 4.60. The smallest absolute Gasteiger partial charge is 0.338 e. The molecule has 7 heteroatoms. The summed E-state index contributed by atoms with van der Waals surface area (Å²) in [6.45, 7) is 2.48. The van der Waals surface area contributed by atoms with Gasteiger partial charge in [0.05, 0.1) is 49.3 Å². The van der Waals surface area contributed by atoms with Crippen molar-refractivity contribution in [3.63, 3.8) is 0 Å². The lowest BCUT2D eigenvalue weighted by Crippen LogP contribution is -2.14. The highest BCUT2D eigenvalue weighted by Gasteiger charge is 2.08. The van der Waals surface area contributed by atoms with Gasteiger partial charge in [-0.05, 0) is 18.2 Å². The quantitative estimate of drug-likeness (QED) is 0.402. The Hall–Kier alpha value is -1.34. The molecule has 0 saturated carbocycles. The van der Waals surface area contributed by atoms with E-state index in [-0.39, 0.29) is 6.61 Å². The summed E-state index contributed by atoms with van der Waals surface area (Å²) in [5.74, 6) is -0.461. The van der Waals surface area contributed by atoms with Crippen LogP contribution in [0.3, 0.4) is 0 Å². The number of nitrogens with two attached hydrogens (primary N) is 1. The number of esters is 1. The minimum absolute atomic E-state index is 0.166. The fraction of sp³-hybridized carbons (Fsp3) is 0.500. The van der Waals surface area contributed by atoms with Crippen LogP contribution in [0.4, 0.5) is 5.69 Å². The van der Waals surface area contributed by atoms with Crippen LogP contribution in [-0.2, 0) is 18.9 Å². The van der Waals surface area contributed by atoms with Gasteiger partial charge < -0.3 is 24.7 Å². The third-order valence-electron chi connectivity index (χ3n) is 2.50. The number of methoxy groups -OCH3 is 1. The summed E-state index contributed by atoms with van der Waals surface area (Å²) in [5, 5.41) is 0.328. The standard InChI is InChI=1S/C14H20ClNO5/c1-18-4-5-19-6-7-20-8-9-21-14(17)11-2-3-13(16)12(15)10-11/h2-3,10H,4-9,16H2,1H3. The molecule has 118 valence electrons. The van der Waals surface area contributed by atoms with Gasteiger partial charge in [-0.2, -0.15) is 0 Å². The lowest BCUT2D eigenvalue weighted by atomic mass is 10.2. The molecule has 2 N–H and O–H groups in total. The molecule has 6 nitrogen and oxygen atoms in total. The number of carbonyl (C=O) groups excluding carboxylic acids is 1. The fourth-order valence-corrected chi connectivity index (χ4v) is 1.58. The third-order valence-corrected chi connectivity index (χ3v) is 2.83. The summed E-state index contributed by atoms with van der Waals surface area (Å²) in [4.78, 5) is 11.7. The predicted molar refractivity (Wildman–Crippen MR) is 79.7 cm³/mol. The predicted octanol–water partition coefficient (Wildman–Crippen LogP) is 1.76. The van der Waals surface area contributed by atoms with Gasteiger partial charge in [0.15, 0.2) is 0 Å². The van der Waals surface area contributed by atoms with Gasteiger partial charge in [0.1, 0.15) is 6.61 Å². The molecule has 0 aliphatic carbocycles. The van der Waals surface area contributed by atoms with Crippen molar-refractivity contribution >= 4 is 23.3 Å². The van der Waals surface area contributed by atoms with Crippen molar-refractivity contribution < 1.29 is 23.7 Å². The first-order valence-corrected chi connectivity index (χ1v) is 6.89. The molecule has 0 bridgehead atoms. The summed E-state index contributed by atoms with van der Waals surface area (Å²) < 4.78 is 20.3. The molecule has 21 heavy (non-hydrogen) atoms. The highest BCUT2D eigenvalue weighted by atomic mass is 35.5. The van der Waals surface area contributed by atoms with E-state index in [4.69, 9.17) is 36.3 Å². The summed E-state index contributed by atoms with van der Waals surface area (Å²) in [6.07, 6.45) is 0. The zero-order valence-electron chi connectivity index (χ0n) is 12.0. The molecule has 0 amide bonds. The molecule has 0 unspecified atom stereocenters. The normalized spacial score (nSPS) is 10.6. The van der Waals surface area contributed by atoms with E-state index in [2.05, 4.69) is 0 Å². The summed E-state index contributed by atoms with van der Waals surface area (Å²) >= 11 is 5.83. The second-order valence-corrected chi connectivity index (χ2v) is 4.50. The molecule has 0 radical (unpaired) electrons. The van der Waals surface area contributed by atoms with Crippen LogP contribution in [0.15, 0.2) is 18.2 Å². The first-order valence-electron chi connectivity index (χ1n) is 6.51. The third kappa shape index (κ3) is 7.29. The van der Waals surface area contributed by atoms with Gasteiger partial charge in [-0.1, -0.05) is 11.6 Å². The monoisotopic (exact) mass is 317 g/mol. The second-order valence-electron chi connectivity index (χ2n) is 4.09. The Balaban J connectivity index is 2.09. The number of nitrogen functional groups attached to an aromatic ring is 1. The van der Waals surface area contributed by atoms with Crippen LogP contribution in [0.1, 0.15) is 10.4 Å². The Labute approximate surface area is 129 Å². The van der Waals surface area contributed by atoms with Gasteiger partial charge in [0.2, 0.25) is 0 Å². The molecule has 0 aromatic heterocycles. The van der Waals surface area contributed by atoms with Crippen molar-refractivity contribution in [2.75, 3.05) is 52.5 Å². The SMILES string of the molecule is COCCOCCOCCOC(=O)c1ccc(N)c(Cl)c1. The van der Waals surface area contributed by atoms with Gasteiger partial charge in [-0.25, -0.2) is 4.79 Å². The molecule has 0 heterocycles.